The van der Waals surface area contributed by atoms with Crippen molar-refractivity contribution in [3.05, 3.63) is 64.6 Å². The minimum atomic E-state index is -0.338. The molecule has 2 fully saturated rings. The second-order valence-electron chi connectivity index (χ2n) is 7.06. The van der Waals surface area contributed by atoms with Crippen molar-refractivity contribution in [2.24, 2.45) is 0 Å². The quantitative estimate of drug-likeness (QED) is 0.703. The fraction of sp³-hybridized carbons (Fsp3) is 0.333. The van der Waals surface area contributed by atoms with E-state index in [9.17, 15) is 9.59 Å². The highest BCUT2D eigenvalue weighted by Gasteiger charge is 2.43. The molecule has 0 unspecified atom stereocenters. The summed E-state index contributed by atoms with van der Waals surface area (Å²) in [5.41, 5.74) is 1.95. The van der Waals surface area contributed by atoms with Gasteiger partial charge in [0.2, 0.25) is 5.91 Å². The van der Waals surface area contributed by atoms with Crippen LogP contribution in [0.4, 0.5) is 5.69 Å². The average Bonchev–Trinajstić information content (AvgIpc) is 2.97. The van der Waals surface area contributed by atoms with Crippen LogP contribution in [0.15, 0.2) is 59.1 Å². The summed E-state index contributed by atoms with van der Waals surface area (Å²) >= 11 is 3.41. The number of anilines is 1. The topological polar surface area (TPSA) is 43.9 Å². The lowest BCUT2D eigenvalue weighted by Crippen LogP contribution is -2.52. The van der Waals surface area contributed by atoms with Crippen LogP contribution in [-0.2, 0) is 16.1 Å². The van der Waals surface area contributed by atoms with Gasteiger partial charge in [0.1, 0.15) is 0 Å². The van der Waals surface area contributed by atoms with Gasteiger partial charge in [0.05, 0.1) is 18.2 Å². The average molecular weight is 428 g/mol. The lowest BCUT2D eigenvalue weighted by molar-refractivity contribution is -0.123. The monoisotopic (exact) mass is 427 g/mol. The molecule has 5 nitrogen and oxygen atoms in total. The Balaban J connectivity index is 1.39. The molecular weight excluding hydrogens is 406 g/mol. The van der Waals surface area contributed by atoms with Crippen LogP contribution in [0.1, 0.15) is 12.0 Å². The van der Waals surface area contributed by atoms with Crippen molar-refractivity contribution >= 4 is 33.4 Å². The molecule has 0 aliphatic carbocycles. The predicted molar refractivity (Wildman–Crippen MR) is 108 cm³/mol. The van der Waals surface area contributed by atoms with Gasteiger partial charge in [-0.3, -0.25) is 19.4 Å². The molecule has 4 rings (SSSR count). The van der Waals surface area contributed by atoms with Gasteiger partial charge in [-0.25, -0.2) is 4.90 Å². The number of hydrogen-bond donors (Lipinski definition) is 0. The van der Waals surface area contributed by atoms with Crippen LogP contribution in [0, 0.1) is 0 Å². The highest BCUT2D eigenvalue weighted by molar-refractivity contribution is 9.10. The number of nitrogens with zero attached hydrogens (tertiary/aromatic N) is 3. The van der Waals surface area contributed by atoms with Crippen molar-refractivity contribution in [2.75, 3.05) is 31.1 Å². The minimum absolute atomic E-state index is 0.102. The molecule has 0 N–H and O–H groups in total. The fourth-order valence-electron chi connectivity index (χ4n) is 3.86. The summed E-state index contributed by atoms with van der Waals surface area (Å²) in [6.45, 7) is 4.36. The van der Waals surface area contributed by atoms with Crippen molar-refractivity contribution in [1.82, 2.24) is 9.80 Å². The number of rotatable bonds is 4. The van der Waals surface area contributed by atoms with E-state index >= 15 is 0 Å². The number of benzene rings is 2. The van der Waals surface area contributed by atoms with E-state index in [2.05, 4.69) is 50.0 Å². The van der Waals surface area contributed by atoms with Gasteiger partial charge in [0.25, 0.3) is 5.91 Å². The summed E-state index contributed by atoms with van der Waals surface area (Å²) in [4.78, 5) is 31.3. The van der Waals surface area contributed by atoms with Gasteiger partial charge in [-0.15, -0.1) is 0 Å². The molecule has 27 heavy (non-hydrogen) atoms. The zero-order valence-corrected chi connectivity index (χ0v) is 16.6. The fourth-order valence-corrected chi connectivity index (χ4v) is 4.25. The molecule has 2 aromatic carbocycles. The lowest BCUT2D eigenvalue weighted by Gasteiger charge is -2.37. The first-order valence-electron chi connectivity index (χ1n) is 9.24. The second-order valence-corrected chi connectivity index (χ2v) is 7.98. The van der Waals surface area contributed by atoms with Gasteiger partial charge in [0.15, 0.2) is 0 Å². The Bertz CT molecular complexity index is 834. The van der Waals surface area contributed by atoms with Crippen molar-refractivity contribution in [1.29, 1.82) is 0 Å². The predicted octanol–water partition coefficient (Wildman–Crippen LogP) is 2.90. The first-order valence-corrected chi connectivity index (χ1v) is 10.0. The maximum atomic E-state index is 12.9. The third kappa shape index (κ3) is 3.98. The van der Waals surface area contributed by atoms with E-state index in [-0.39, 0.29) is 24.3 Å². The molecule has 140 valence electrons. The molecule has 2 aliphatic heterocycles. The Labute approximate surface area is 167 Å². The van der Waals surface area contributed by atoms with Crippen molar-refractivity contribution in [2.45, 2.75) is 19.0 Å². The van der Waals surface area contributed by atoms with Gasteiger partial charge in [-0.2, -0.15) is 0 Å². The summed E-state index contributed by atoms with van der Waals surface area (Å²) in [6.07, 6.45) is 0.268. The molecular formula is C21H22BrN3O2. The van der Waals surface area contributed by atoms with Crippen LogP contribution in [0.3, 0.4) is 0 Å². The number of hydrogen-bond acceptors (Lipinski definition) is 4. The smallest absolute Gasteiger partial charge is 0.251 e. The van der Waals surface area contributed by atoms with Crippen LogP contribution in [0.2, 0.25) is 0 Å². The van der Waals surface area contributed by atoms with Crippen LogP contribution < -0.4 is 4.90 Å². The highest BCUT2D eigenvalue weighted by atomic mass is 79.9. The van der Waals surface area contributed by atoms with Crippen LogP contribution in [0.5, 0.6) is 0 Å². The Morgan fingerprint density at radius 2 is 1.67 bits per heavy atom. The molecule has 6 heteroatoms. The first-order chi connectivity index (χ1) is 13.1. The maximum Gasteiger partial charge on any atom is 0.251 e. The van der Waals surface area contributed by atoms with Crippen LogP contribution in [0.25, 0.3) is 0 Å². The van der Waals surface area contributed by atoms with Crippen LogP contribution in [-0.4, -0.2) is 53.8 Å². The van der Waals surface area contributed by atoms with E-state index in [0.717, 1.165) is 37.2 Å². The van der Waals surface area contributed by atoms with Gasteiger partial charge < -0.3 is 0 Å². The molecule has 2 aromatic rings. The molecule has 1 atom stereocenters. The molecule has 0 radical (unpaired) electrons. The number of carbonyl (C=O) groups excluding carboxylic acids is 2. The van der Waals surface area contributed by atoms with Crippen molar-refractivity contribution < 1.29 is 9.59 Å². The Kier molecular flexibility index (Phi) is 5.38. The molecule has 0 bridgehead atoms. The summed E-state index contributed by atoms with van der Waals surface area (Å²) in [7, 11) is 0. The van der Waals surface area contributed by atoms with E-state index < -0.39 is 0 Å². The Morgan fingerprint density at radius 1 is 0.926 bits per heavy atom. The Morgan fingerprint density at radius 3 is 2.37 bits per heavy atom. The molecule has 2 heterocycles. The van der Waals surface area contributed by atoms with Gasteiger partial charge in [0, 0.05) is 37.2 Å². The van der Waals surface area contributed by atoms with Crippen molar-refractivity contribution in [3.8, 4) is 0 Å². The third-order valence-electron chi connectivity index (χ3n) is 5.29. The number of halogens is 1. The lowest BCUT2D eigenvalue weighted by atomic mass is 10.1. The summed E-state index contributed by atoms with van der Waals surface area (Å²) in [5, 5.41) is 0. The summed E-state index contributed by atoms with van der Waals surface area (Å²) < 4.78 is 0.860. The van der Waals surface area contributed by atoms with E-state index in [1.807, 2.05) is 24.3 Å². The number of imide groups is 1. The SMILES string of the molecule is O=C1C[C@H](N2CCN(Cc3ccccc3)CC2)C(=O)N1c1cccc(Br)c1. The summed E-state index contributed by atoms with van der Waals surface area (Å²) in [6, 6.07) is 17.4. The number of amides is 2. The van der Waals surface area contributed by atoms with Crippen LogP contribution >= 0.6 is 15.9 Å². The van der Waals surface area contributed by atoms with E-state index in [1.165, 1.54) is 10.5 Å². The molecule has 0 aromatic heterocycles. The van der Waals surface area contributed by atoms with E-state index in [0.29, 0.717) is 5.69 Å². The maximum absolute atomic E-state index is 12.9. The Hall–Kier alpha value is -2.02. The summed E-state index contributed by atoms with van der Waals surface area (Å²) in [5.74, 6) is -0.218. The standard InChI is InChI=1S/C21H22BrN3O2/c22-17-7-4-8-18(13-17)25-20(26)14-19(21(25)27)24-11-9-23(10-12-24)15-16-5-2-1-3-6-16/h1-8,13,19H,9-12,14-15H2/t19-/m0/s1. The zero-order chi connectivity index (χ0) is 18.8. The van der Waals surface area contributed by atoms with Gasteiger partial charge >= 0.3 is 0 Å². The molecule has 2 amide bonds. The number of carbonyl (C=O) groups is 2. The van der Waals surface area contributed by atoms with Gasteiger partial charge in [-0.1, -0.05) is 52.3 Å². The third-order valence-corrected chi connectivity index (χ3v) is 5.78. The van der Waals surface area contributed by atoms with E-state index in [1.54, 1.807) is 6.07 Å². The zero-order valence-electron chi connectivity index (χ0n) is 15.1. The molecule has 0 spiro atoms. The molecule has 2 aliphatic rings. The number of piperazine rings is 1. The minimum Gasteiger partial charge on any atom is -0.297 e. The van der Waals surface area contributed by atoms with Gasteiger partial charge in [-0.05, 0) is 23.8 Å². The normalized spacial score (nSPS) is 21.8. The van der Waals surface area contributed by atoms with Crippen molar-refractivity contribution in [3.63, 3.8) is 0 Å². The highest BCUT2D eigenvalue weighted by Crippen LogP contribution is 2.28. The molecule has 0 saturated carbocycles. The molecule has 2 saturated heterocycles. The first kappa shape index (κ1) is 18.3. The largest absolute Gasteiger partial charge is 0.297 e. The van der Waals surface area contributed by atoms with E-state index in [4.69, 9.17) is 0 Å². The second kappa shape index (κ2) is 7.92.